The number of imidazole rings is 1. The molecular weight excluding hydrogens is 494 g/mol. The SMILES string of the molecule is Cc1cc(Nc2ncnc3ccc(OCCNC(=O)N4CCCC4)cc23)ccc1Oc1ccn2ccnc2c1. The zero-order valence-electron chi connectivity index (χ0n) is 21.6. The molecule has 0 spiro atoms. The minimum atomic E-state index is -0.0275. The van der Waals surface area contributed by atoms with Gasteiger partial charge in [0.1, 0.15) is 41.6 Å². The monoisotopic (exact) mass is 523 g/mol. The normalized spacial score (nSPS) is 13.1. The second-order valence-corrected chi connectivity index (χ2v) is 9.44. The summed E-state index contributed by atoms with van der Waals surface area (Å²) in [7, 11) is 0. The van der Waals surface area contributed by atoms with Gasteiger partial charge in [-0.1, -0.05) is 0 Å². The van der Waals surface area contributed by atoms with Crippen LogP contribution in [0.15, 0.2) is 73.4 Å². The number of pyridine rings is 1. The van der Waals surface area contributed by atoms with Crippen molar-refractivity contribution in [3.8, 4) is 17.2 Å². The number of anilines is 2. The zero-order chi connectivity index (χ0) is 26.6. The fraction of sp³-hybridized carbons (Fsp3) is 0.241. The lowest BCUT2D eigenvalue weighted by molar-refractivity contribution is 0.205. The second-order valence-electron chi connectivity index (χ2n) is 9.44. The Bertz CT molecular complexity index is 1630. The number of rotatable bonds is 8. The average Bonchev–Trinajstić information content (AvgIpc) is 3.65. The lowest BCUT2D eigenvalue weighted by Crippen LogP contribution is -2.39. The summed E-state index contributed by atoms with van der Waals surface area (Å²) >= 11 is 0. The zero-order valence-corrected chi connectivity index (χ0v) is 21.6. The molecule has 0 aliphatic carbocycles. The van der Waals surface area contributed by atoms with Crippen molar-refractivity contribution < 1.29 is 14.3 Å². The van der Waals surface area contributed by atoms with E-state index in [-0.39, 0.29) is 6.03 Å². The van der Waals surface area contributed by atoms with Gasteiger partial charge >= 0.3 is 6.03 Å². The van der Waals surface area contributed by atoms with E-state index in [1.807, 2.05) is 77.1 Å². The van der Waals surface area contributed by atoms with Gasteiger partial charge < -0.3 is 29.4 Å². The fourth-order valence-electron chi connectivity index (χ4n) is 4.64. The maximum atomic E-state index is 12.1. The predicted molar refractivity (Wildman–Crippen MR) is 149 cm³/mol. The predicted octanol–water partition coefficient (Wildman–Crippen LogP) is 5.31. The van der Waals surface area contributed by atoms with Gasteiger partial charge in [-0.2, -0.15) is 0 Å². The van der Waals surface area contributed by atoms with Gasteiger partial charge in [0.25, 0.3) is 0 Å². The Morgan fingerprint density at radius 1 is 0.974 bits per heavy atom. The largest absolute Gasteiger partial charge is 0.492 e. The van der Waals surface area contributed by atoms with Crippen molar-refractivity contribution in [3.05, 3.63) is 79.0 Å². The highest BCUT2D eigenvalue weighted by molar-refractivity contribution is 5.91. The van der Waals surface area contributed by atoms with Crippen LogP contribution < -0.4 is 20.1 Å². The van der Waals surface area contributed by atoms with Gasteiger partial charge in [0.15, 0.2) is 0 Å². The van der Waals surface area contributed by atoms with E-state index in [0.29, 0.717) is 24.7 Å². The number of ether oxygens (including phenoxy) is 2. The highest BCUT2D eigenvalue weighted by Crippen LogP contribution is 2.31. The summed E-state index contributed by atoms with van der Waals surface area (Å²) in [4.78, 5) is 27.2. The Morgan fingerprint density at radius 2 is 1.87 bits per heavy atom. The smallest absolute Gasteiger partial charge is 0.317 e. The third kappa shape index (κ3) is 5.54. The maximum absolute atomic E-state index is 12.1. The van der Waals surface area contributed by atoms with Crippen LogP contribution in [0.5, 0.6) is 17.2 Å². The number of benzene rings is 2. The third-order valence-electron chi connectivity index (χ3n) is 6.68. The number of carbonyl (C=O) groups is 1. The Morgan fingerprint density at radius 3 is 2.74 bits per heavy atom. The molecule has 0 unspecified atom stereocenters. The summed E-state index contributed by atoms with van der Waals surface area (Å²) in [6, 6.07) is 15.4. The van der Waals surface area contributed by atoms with E-state index in [1.165, 1.54) is 6.33 Å². The summed E-state index contributed by atoms with van der Waals surface area (Å²) in [6.45, 7) is 4.46. The molecule has 0 radical (unpaired) electrons. The van der Waals surface area contributed by atoms with Crippen molar-refractivity contribution >= 4 is 34.1 Å². The Kier molecular flexibility index (Phi) is 6.82. The molecule has 10 nitrogen and oxygen atoms in total. The van der Waals surface area contributed by atoms with Gasteiger partial charge in [-0.25, -0.2) is 19.7 Å². The van der Waals surface area contributed by atoms with Crippen LogP contribution in [0.2, 0.25) is 0 Å². The van der Waals surface area contributed by atoms with Crippen molar-refractivity contribution in [2.24, 2.45) is 0 Å². The number of aromatic nitrogens is 4. The summed E-state index contributed by atoms with van der Waals surface area (Å²) in [5.41, 5.74) is 3.48. The molecule has 2 N–H and O–H groups in total. The topological polar surface area (TPSA) is 106 Å². The van der Waals surface area contributed by atoms with E-state index in [9.17, 15) is 4.79 Å². The molecule has 5 aromatic rings. The number of aryl methyl sites for hydroxylation is 1. The van der Waals surface area contributed by atoms with E-state index in [0.717, 1.165) is 65.2 Å². The molecule has 6 rings (SSSR count). The Hall–Kier alpha value is -4.86. The first-order chi connectivity index (χ1) is 19.1. The van der Waals surface area contributed by atoms with Crippen molar-refractivity contribution in [2.45, 2.75) is 19.8 Å². The Balaban J connectivity index is 1.12. The van der Waals surface area contributed by atoms with Crippen molar-refractivity contribution in [2.75, 3.05) is 31.6 Å². The van der Waals surface area contributed by atoms with Gasteiger partial charge in [-0.05, 0) is 67.8 Å². The van der Waals surface area contributed by atoms with Gasteiger partial charge in [0.05, 0.1) is 12.1 Å². The van der Waals surface area contributed by atoms with Gasteiger partial charge in [-0.15, -0.1) is 0 Å². The highest BCUT2D eigenvalue weighted by atomic mass is 16.5. The molecule has 1 saturated heterocycles. The maximum Gasteiger partial charge on any atom is 0.317 e. The van der Waals surface area contributed by atoms with Crippen LogP contribution >= 0.6 is 0 Å². The first kappa shape index (κ1) is 24.5. The third-order valence-corrected chi connectivity index (χ3v) is 6.68. The number of carbonyl (C=O) groups excluding carboxylic acids is 1. The number of nitrogens with one attached hydrogen (secondary N) is 2. The van der Waals surface area contributed by atoms with Crippen LogP contribution in [-0.2, 0) is 0 Å². The van der Waals surface area contributed by atoms with Crippen LogP contribution in [0, 0.1) is 6.92 Å². The molecule has 4 heterocycles. The lowest BCUT2D eigenvalue weighted by Gasteiger charge is -2.16. The van der Waals surface area contributed by atoms with E-state index in [2.05, 4.69) is 25.6 Å². The number of nitrogens with zero attached hydrogens (tertiary/aromatic N) is 5. The van der Waals surface area contributed by atoms with Crippen LogP contribution in [0.3, 0.4) is 0 Å². The first-order valence-corrected chi connectivity index (χ1v) is 13.0. The van der Waals surface area contributed by atoms with Crippen LogP contribution in [0.25, 0.3) is 16.6 Å². The molecule has 10 heteroatoms. The number of fused-ring (bicyclic) bond motifs is 2. The number of urea groups is 1. The standard InChI is InChI=1S/C29H29N7O3/c1-20-16-21(4-7-26(20)39-23-8-13-35-14-9-30-27(35)18-23)34-28-24-17-22(5-6-25(24)32-19-33-28)38-15-10-31-29(37)36-11-2-3-12-36/h4-9,13-14,16-19H,2-3,10-12,15H2,1H3,(H,31,37)(H,32,33,34). The van der Waals surface area contributed by atoms with Gasteiger partial charge in [0, 0.05) is 48.8 Å². The molecule has 0 saturated carbocycles. The summed E-state index contributed by atoms with van der Waals surface area (Å²) < 4.78 is 14.0. The van der Waals surface area contributed by atoms with Crippen molar-refractivity contribution in [3.63, 3.8) is 0 Å². The Labute approximate surface area is 225 Å². The number of likely N-dealkylation sites (tertiary alicyclic amines) is 1. The average molecular weight is 524 g/mol. The molecule has 0 bridgehead atoms. The molecule has 198 valence electrons. The fourth-order valence-corrected chi connectivity index (χ4v) is 4.64. The van der Waals surface area contributed by atoms with E-state index >= 15 is 0 Å². The molecule has 39 heavy (non-hydrogen) atoms. The van der Waals surface area contributed by atoms with E-state index < -0.39 is 0 Å². The summed E-state index contributed by atoms with van der Waals surface area (Å²) in [5, 5.41) is 7.16. The van der Waals surface area contributed by atoms with Crippen molar-refractivity contribution in [1.82, 2.24) is 29.6 Å². The molecule has 1 aliphatic rings. The highest BCUT2D eigenvalue weighted by Gasteiger charge is 2.17. The summed E-state index contributed by atoms with van der Waals surface area (Å²) in [6.07, 6.45) is 9.25. The first-order valence-electron chi connectivity index (χ1n) is 13.0. The number of hydrogen-bond donors (Lipinski definition) is 2. The molecule has 2 amide bonds. The lowest BCUT2D eigenvalue weighted by atomic mass is 10.2. The molecule has 3 aromatic heterocycles. The molecular formula is C29H29N7O3. The quantitative estimate of drug-likeness (QED) is 0.266. The number of amides is 2. The number of hydrogen-bond acceptors (Lipinski definition) is 7. The van der Waals surface area contributed by atoms with Crippen LogP contribution in [0.4, 0.5) is 16.3 Å². The van der Waals surface area contributed by atoms with Crippen molar-refractivity contribution in [1.29, 1.82) is 0 Å². The second kappa shape index (κ2) is 10.9. The van der Waals surface area contributed by atoms with Crippen LogP contribution in [-0.4, -0.2) is 56.5 Å². The molecule has 1 aliphatic heterocycles. The minimum Gasteiger partial charge on any atom is -0.492 e. The van der Waals surface area contributed by atoms with E-state index in [4.69, 9.17) is 9.47 Å². The summed E-state index contributed by atoms with van der Waals surface area (Å²) in [5.74, 6) is 2.84. The van der Waals surface area contributed by atoms with Gasteiger partial charge in [-0.3, -0.25) is 0 Å². The minimum absolute atomic E-state index is 0.0275. The van der Waals surface area contributed by atoms with Gasteiger partial charge in [0.2, 0.25) is 0 Å². The molecule has 0 atom stereocenters. The molecule has 2 aromatic carbocycles. The molecule has 1 fully saturated rings. The van der Waals surface area contributed by atoms with Crippen LogP contribution in [0.1, 0.15) is 18.4 Å². The van der Waals surface area contributed by atoms with E-state index in [1.54, 1.807) is 6.20 Å².